The fraction of sp³-hybridized carbons (Fsp3) is 0.611. The van der Waals surface area contributed by atoms with Crippen LogP contribution in [0.5, 0.6) is 0 Å². The monoisotopic (exact) mass is 352 g/mol. The Kier molecular flexibility index (Phi) is 6.80. The number of amides is 1. The maximum atomic E-state index is 12.2. The Hall–Kier alpha value is -1.40. The van der Waals surface area contributed by atoms with E-state index in [0.717, 1.165) is 36.9 Å². The first-order chi connectivity index (χ1) is 11.4. The van der Waals surface area contributed by atoms with E-state index in [2.05, 4.69) is 5.32 Å². The number of carbonyl (C=O) groups is 1. The second-order valence-electron chi connectivity index (χ2n) is 6.63. The van der Waals surface area contributed by atoms with E-state index in [1.807, 2.05) is 31.2 Å². The first kappa shape index (κ1) is 18.9. The lowest BCUT2D eigenvalue weighted by Crippen LogP contribution is -2.41. The fourth-order valence-corrected chi connectivity index (χ4v) is 4.48. The van der Waals surface area contributed by atoms with Crippen molar-refractivity contribution in [1.29, 1.82) is 0 Å². The molecule has 6 heteroatoms. The van der Waals surface area contributed by atoms with Gasteiger partial charge in [0.1, 0.15) is 0 Å². The van der Waals surface area contributed by atoms with E-state index in [-0.39, 0.29) is 24.9 Å². The molecule has 0 unspecified atom stereocenters. The fourth-order valence-electron chi connectivity index (χ4n) is 3.30. The van der Waals surface area contributed by atoms with Gasteiger partial charge in [-0.15, -0.1) is 0 Å². The molecule has 0 aliphatic heterocycles. The Labute approximate surface area is 145 Å². The number of rotatable bonds is 6. The van der Waals surface area contributed by atoms with Gasteiger partial charge in [-0.1, -0.05) is 43.9 Å². The number of sulfonamides is 1. The average molecular weight is 353 g/mol. The zero-order valence-corrected chi connectivity index (χ0v) is 15.4. The molecule has 0 saturated heterocycles. The van der Waals surface area contributed by atoms with Crippen LogP contribution in [0.4, 0.5) is 5.69 Å². The number of hydrogen-bond acceptors (Lipinski definition) is 3. The summed E-state index contributed by atoms with van der Waals surface area (Å²) >= 11 is 0. The number of hydrogen-bond donors (Lipinski definition) is 1. The van der Waals surface area contributed by atoms with Crippen molar-refractivity contribution < 1.29 is 13.2 Å². The number of nitrogens with zero attached hydrogens (tertiary/aromatic N) is 1. The van der Waals surface area contributed by atoms with Gasteiger partial charge in [-0.05, 0) is 31.4 Å². The van der Waals surface area contributed by atoms with Gasteiger partial charge in [0, 0.05) is 24.7 Å². The van der Waals surface area contributed by atoms with Crippen LogP contribution in [0, 0.1) is 6.92 Å². The Morgan fingerprint density at radius 3 is 2.38 bits per heavy atom. The van der Waals surface area contributed by atoms with Gasteiger partial charge >= 0.3 is 0 Å². The largest absolute Gasteiger partial charge is 0.326 e. The Morgan fingerprint density at radius 2 is 1.79 bits per heavy atom. The predicted molar refractivity (Wildman–Crippen MR) is 97.5 cm³/mol. The predicted octanol–water partition coefficient (Wildman–Crippen LogP) is 3.31. The van der Waals surface area contributed by atoms with Crippen molar-refractivity contribution >= 4 is 21.6 Å². The van der Waals surface area contributed by atoms with Gasteiger partial charge in [0.15, 0.2) is 0 Å². The normalized spacial score (nSPS) is 16.8. The third kappa shape index (κ3) is 5.60. The Morgan fingerprint density at radius 1 is 1.17 bits per heavy atom. The number of carbonyl (C=O) groups excluding carboxylic acids is 1. The molecule has 1 aliphatic carbocycles. The van der Waals surface area contributed by atoms with Crippen LogP contribution in [-0.4, -0.2) is 37.5 Å². The summed E-state index contributed by atoms with van der Waals surface area (Å²) in [6.45, 7) is 2.19. The van der Waals surface area contributed by atoms with E-state index < -0.39 is 10.0 Å². The summed E-state index contributed by atoms with van der Waals surface area (Å²) in [7, 11) is -3.30. The number of anilines is 1. The van der Waals surface area contributed by atoms with Crippen LogP contribution in [0.15, 0.2) is 24.3 Å². The molecule has 0 atom stereocenters. The van der Waals surface area contributed by atoms with E-state index in [1.54, 1.807) is 0 Å². The highest BCUT2D eigenvalue weighted by Gasteiger charge is 2.27. The summed E-state index contributed by atoms with van der Waals surface area (Å²) in [6.07, 6.45) is 7.68. The van der Waals surface area contributed by atoms with Gasteiger partial charge in [-0.3, -0.25) is 4.79 Å². The molecule has 1 N–H and O–H groups in total. The lowest BCUT2D eigenvalue weighted by Gasteiger charge is -2.28. The average Bonchev–Trinajstić information content (AvgIpc) is 2.77. The summed E-state index contributed by atoms with van der Waals surface area (Å²) in [6, 6.07) is 7.62. The SMILES string of the molecule is Cc1ccccc1NC(=O)CCN(C1CCCCCC1)S(C)(=O)=O. The number of aryl methyl sites for hydroxylation is 1. The van der Waals surface area contributed by atoms with Crippen LogP contribution < -0.4 is 5.32 Å². The van der Waals surface area contributed by atoms with Crippen LogP contribution in [0.25, 0.3) is 0 Å². The molecule has 0 spiro atoms. The lowest BCUT2D eigenvalue weighted by atomic mass is 10.1. The van der Waals surface area contributed by atoms with Crippen LogP contribution in [0.3, 0.4) is 0 Å². The van der Waals surface area contributed by atoms with Crippen molar-refractivity contribution in [2.45, 2.75) is 57.9 Å². The third-order valence-corrected chi connectivity index (χ3v) is 5.97. The highest BCUT2D eigenvalue weighted by atomic mass is 32.2. The van der Waals surface area contributed by atoms with Crippen LogP contribution in [-0.2, 0) is 14.8 Å². The van der Waals surface area contributed by atoms with Crippen molar-refractivity contribution in [3.63, 3.8) is 0 Å². The van der Waals surface area contributed by atoms with Crippen LogP contribution in [0.1, 0.15) is 50.5 Å². The number of benzene rings is 1. The quantitative estimate of drug-likeness (QED) is 0.799. The molecule has 24 heavy (non-hydrogen) atoms. The number of para-hydroxylation sites is 1. The summed E-state index contributed by atoms with van der Waals surface area (Å²) in [5.41, 5.74) is 1.78. The second kappa shape index (κ2) is 8.62. The topological polar surface area (TPSA) is 66.5 Å². The van der Waals surface area contributed by atoms with Gasteiger partial charge < -0.3 is 5.32 Å². The van der Waals surface area contributed by atoms with E-state index in [0.29, 0.717) is 0 Å². The smallest absolute Gasteiger partial charge is 0.225 e. The molecule has 2 rings (SSSR count). The molecule has 1 fully saturated rings. The van der Waals surface area contributed by atoms with Crippen molar-refractivity contribution in [2.24, 2.45) is 0 Å². The van der Waals surface area contributed by atoms with Gasteiger partial charge in [0.05, 0.1) is 6.26 Å². The Bertz CT molecular complexity index is 650. The minimum Gasteiger partial charge on any atom is -0.326 e. The van der Waals surface area contributed by atoms with E-state index in [9.17, 15) is 13.2 Å². The van der Waals surface area contributed by atoms with Crippen molar-refractivity contribution in [2.75, 3.05) is 18.1 Å². The third-order valence-electron chi connectivity index (χ3n) is 4.64. The molecule has 0 heterocycles. The highest BCUT2D eigenvalue weighted by molar-refractivity contribution is 7.88. The van der Waals surface area contributed by atoms with Gasteiger partial charge in [-0.2, -0.15) is 4.31 Å². The molecule has 0 radical (unpaired) electrons. The lowest BCUT2D eigenvalue weighted by molar-refractivity contribution is -0.116. The van der Waals surface area contributed by atoms with Gasteiger partial charge in [0.25, 0.3) is 0 Å². The van der Waals surface area contributed by atoms with Gasteiger partial charge in [-0.25, -0.2) is 8.42 Å². The zero-order chi connectivity index (χ0) is 17.6. The molecular formula is C18H28N2O3S. The maximum Gasteiger partial charge on any atom is 0.225 e. The second-order valence-corrected chi connectivity index (χ2v) is 8.57. The minimum atomic E-state index is -3.30. The zero-order valence-electron chi connectivity index (χ0n) is 14.6. The molecule has 1 aliphatic rings. The summed E-state index contributed by atoms with van der Waals surface area (Å²) in [5.74, 6) is -0.147. The number of nitrogens with one attached hydrogen (secondary N) is 1. The molecular weight excluding hydrogens is 324 g/mol. The molecule has 0 bridgehead atoms. The highest BCUT2D eigenvalue weighted by Crippen LogP contribution is 2.24. The van der Waals surface area contributed by atoms with E-state index in [4.69, 9.17) is 0 Å². The van der Waals surface area contributed by atoms with Crippen LogP contribution >= 0.6 is 0 Å². The molecule has 134 valence electrons. The first-order valence-corrected chi connectivity index (χ1v) is 10.5. The molecule has 1 saturated carbocycles. The van der Waals surface area contributed by atoms with Crippen LogP contribution in [0.2, 0.25) is 0 Å². The molecule has 1 aromatic rings. The Balaban J connectivity index is 1.97. The molecule has 0 aromatic heterocycles. The summed E-state index contributed by atoms with van der Waals surface area (Å²) in [5, 5.41) is 2.87. The van der Waals surface area contributed by atoms with Crippen molar-refractivity contribution in [3.05, 3.63) is 29.8 Å². The molecule has 1 aromatic carbocycles. The summed E-state index contributed by atoms with van der Waals surface area (Å²) < 4.78 is 25.9. The minimum absolute atomic E-state index is 0.0359. The first-order valence-electron chi connectivity index (χ1n) is 8.70. The van der Waals surface area contributed by atoms with E-state index in [1.165, 1.54) is 23.4 Å². The molecule has 1 amide bonds. The summed E-state index contributed by atoms with van der Waals surface area (Å²) in [4.78, 5) is 12.2. The maximum absolute atomic E-state index is 12.2. The van der Waals surface area contributed by atoms with Crippen molar-refractivity contribution in [1.82, 2.24) is 4.31 Å². The van der Waals surface area contributed by atoms with Gasteiger partial charge in [0.2, 0.25) is 15.9 Å². The standard InChI is InChI=1S/C18H28N2O3S/c1-15-9-7-8-12-17(15)19-18(21)13-14-20(24(2,22)23)16-10-5-3-4-6-11-16/h7-9,12,16H,3-6,10-11,13-14H2,1-2H3,(H,19,21). The molecule has 5 nitrogen and oxygen atoms in total. The van der Waals surface area contributed by atoms with E-state index >= 15 is 0 Å². The van der Waals surface area contributed by atoms with Crippen molar-refractivity contribution in [3.8, 4) is 0 Å².